The van der Waals surface area contributed by atoms with E-state index in [9.17, 15) is 4.79 Å². The molecule has 5 rings (SSSR count). The van der Waals surface area contributed by atoms with Crippen LogP contribution in [0.3, 0.4) is 0 Å². The lowest BCUT2D eigenvalue weighted by atomic mass is 10.0. The number of ether oxygens (including phenoxy) is 2. The second-order valence-electron chi connectivity index (χ2n) is 7.20. The molecular formula is C23H22N2O3. The Morgan fingerprint density at radius 3 is 2.61 bits per heavy atom. The van der Waals surface area contributed by atoms with Crippen LogP contribution in [0.25, 0.3) is 5.69 Å². The van der Waals surface area contributed by atoms with Crippen LogP contribution in [0.5, 0.6) is 11.5 Å². The summed E-state index contributed by atoms with van der Waals surface area (Å²) in [7, 11) is 0. The lowest BCUT2D eigenvalue weighted by Gasteiger charge is -2.27. The lowest BCUT2D eigenvalue weighted by Crippen LogP contribution is -2.30. The molecule has 1 amide bonds. The third kappa shape index (κ3) is 3.03. The van der Waals surface area contributed by atoms with Gasteiger partial charge in [-0.1, -0.05) is 12.1 Å². The van der Waals surface area contributed by atoms with Gasteiger partial charge >= 0.3 is 0 Å². The second-order valence-corrected chi connectivity index (χ2v) is 7.20. The van der Waals surface area contributed by atoms with Gasteiger partial charge in [0.25, 0.3) is 5.91 Å². The fourth-order valence-electron chi connectivity index (χ4n) is 4.10. The van der Waals surface area contributed by atoms with Gasteiger partial charge in [0.2, 0.25) is 0 Å². The summed E-state index contributed by atoms with van der Waals surface area (Å²) in [4.78, 5) is 15.3. The van der Waals surface area contributed by atoms with E-state index in [1.807, 2.05) is 70.4 Å². The molecule has 0 spiro atoms. The van der Waals surface area contributed by atoms with Crippen molar-refractivity contribution in [2.75, 3.05) is 19.8 Å². The van der Waals surface area contributed by atoms with Gasteiger partial charge in [0.05, 0.1) is 6.04 Å². The molecule has 0 unspecified atom stereocenters. The van der Waals surface area contributed by atoms with Crippen LogP contribution in [0.1, 0.15) is 34.8 Å². The van der Waals surface area contributed by atoms with E-state index in [1.54, 1.807) is 0 Å². The van der Waals surface area contributed by atoms with E-state index in [0.717, 1.165) is 47.7 Å². The molecule has 5 heteroatoms. The topological polar surface area (TPSA) is 43.7 Å². The highest BCUT2D eigenvalue weighted by Gasteiger charge is 2.31. The van der Waals surface area contributed by atoms with Crippen molar-refractivity contribution >= 4 is 5.91 Å². The van der Waals surface area contributed by atoms with Crippen LogP contribution in [0.2, 0.25) is 0 Å². The fraction of sp³-hybridized carbons (Fsp3) is 0.261. The minimum absolute atomic E-state index is 0.0681. The zero-order valence-corrected chi connectivity index (χ0v) is 15.6. The maximum Gasteiger partial charge on any atom is 0.254 e. The van der Waals surface area contributed by atoms with Crippen molar-refractivity contribution in [3.8, 4) is 17.2 Å². The van der Waals surface area contributed by atoms with E-state index < -0.39 is 0 Å². The number of amides is 1. The van der Waals surface area contributed by atoms with Crippen molar-refractivity contribution in [1.82, 2.24) is 9.47 Å². The Morgan fingerprint density at radius 2 is 1.75 bits per heavy atom. The van der Waals surface area contributed by atoms with Crippen LogP contribution in [0.15, 0.2) is 67.0 Å². The summed E-state index contributed by atoms with van der Waals surface area (Å²) in [5.41, 5.74) is 2.82. The van der Waals surface area contributed by atoms with Gasteiger partial charge < -0.3 is 18.9 Å². The smallest absolute Gasteiger partial charge is 0.254 e. The summed E-state index contributed by atoms with van der Waals surface area (Å²) in [6.07, 6.45) is 5.93. The zero-order chi connectivity index (χ0) is 18.9. The van der Waals surface area contributed by atoms with Gasteiger partial charge in [-0.2, -0.15) is 0 Å². The third-order valence-corrected chi connectivity index (χ3v) is 5.46. The third-order valence-electron chi connectivity index (χ3n) is 5.46. The standard InChI is InChI=1S/C23H22N2O3/c26-23(18-5-3-6-19(15-18)24-10-1-2-11-24)25-12-4-7-20(25)17-8-9-21-22(16-17)28-14-13-27-21/h1-3,5-6,8-11,15-16,20H,4,7,12-14H2/t20-/m1/s1. The van der Waals surface area contributed by atoms with Crippen LogP contribution < -0.4 is 9.47 Å². The first-order chi connectivity index (χ1) is 13.8. The first kappa shape index (κ1) is 16.9. The fourth-order valence-corrected chi connectivity index (χ4v) is 4.10. The van der Waals surface area contributed by atoms with Gasteiger partial charge in [-0.05, 0) is 60.9 Å². The number of rotatable bonds is 3. The zero-order valence-electron chi connectivity index (χ0n) is 15.6. The van der Waals surface area contributed by atoms with Gasteiger partial charge in [0.15, 0.2) is 11.5 Å². The summed E-state index contributed by atoms with van der Waals surface area (Å²) in [5, 5.41) is 0. The number of aromatic nitrogens is 1. The molecular weight excluding hydrogens is 352 g/mol. The molecule has 0 saturated carbocycles. The molecule has 1 aromatic heterocycles. The highest BCUT2D eigenvalue weighted by atomic mass is 16.6. The Balaban J connectivity index is 1.42. The van der Waals surface area contributed by atoms with Crippen molar-refractivity contribution in [3.05, 3.63) is 78.1 Å². The highest BCUT2D eigenvalue weighted by molar-refractivity contribution is 5.95. The average Bonchev–Trinajstić information content (AvgIpc) is 3.45. The van der Waals surface area contributed by atoms with Gasteiger partial charge in [-0.3, -0.25) is 4.79 Å². The average molecular weight is 374 g/mol. The number of benzene rings is 2. The largest absolute Gasteiger partial charge is 0.486 e. The summed E-state index contributed by atoms with van der Waals surface area (Å²) in [6, 6.07) is 17.9. The van der Waals surface area contributed by atoms with Gasteiger partial charge in [-0.15, -0.1) is 0 Å². The summed E-state index contributed by atoms with van der Waals surface area (Å²) < 4.78 is 13.4. The first-order valence-electron chi connectivity index (χ1n) is 9.73. The van der Waals surface area contributed by atoms with Gasteiger partial charge in [0, 0.05) is 30.2 Å². The van der Waals surface area contributed by atoms with Crippen LogP contribution in [-0.2, 0) is 0 Å². The van der Waals surface area contributed by atoms with E-state index in [4.69, 9.17) is 9.47 Å². The summed E-state index contributed by atoms with van der Waals surface area (Å²) in [5.74, 6) is 1.63. The van der Waals surface area contributed by atoms with Crippen molar-refractivity contribution in [2.24, 2.45) is 0 Å². The molecule has 28 heavy (non-hydrogen) atoms. The van der Waals surface area contributed by atoms with Crippen LogP contribution >= 0.6 is 0 Å². The minimum atomic E-state index is 0.0681. The maximum absolute atomic E-state index is 13.3. The van der Waals surface area contributed by atoms with Crippen molar-refractivity contribution in [2.45, 2.75) is 18.9 Å². The van der Waals surface area contributed by atoms with E-state index in [1.165, 1.54) is 0 Å². The SMILES string of the molecule is O=C(c1cccc(-n2cccc2)c1)N1CCC[C@@H]1c1ccc2c(c1)OCCO2. The molecule has 0 N–H and O–H groups in total. The Morgan fingerprint density at radius 1 is 0.929 bits per heavy atom. The Labute approximate surface area is 164 Å². The molecule has 3 heterocycles. The van der Waals surface area contributed by atoms with Crippen molar-refractivity contribution in [1.29, 1.82) is 0 Å². The van der Waals surface area contributed by atoms with Crippen molar-refractivity contribution < 1.29 is 14.3 Å². The van der Waals surface area contributed by atoms with Crippen molar-refractivity contribution in [3.63, 3.8) is 0 Å². The predicted octanol–water partition coefficient (Wildman–Crippen LogP) is 4.23. The monoisotopic (exact) mass is 374 g/mol. The molecule has 1 atom stereocenters. The molecule has 0 aliphatic carbocycles. The molecule has 1 fully saturated rings. The molecule has 2 aliphatic rings. The predicted molar refractivity (Wildman–Crippen MR) is 106 cm³/mol. The van der Waals surface area contributed by atoms with Gasteiger partial charge in [-0.25, -0.2) is 0 Å². The van der Waals surface area contributed by atoms with E-state index in [0.29, 0.717) is 13.2 Å². The molecule has 0 bridgehead atoms. The number of hydrogen-bond acceptors (Lipinski definition) is 3. The number of likely N-dealkylation sites (tertiary alicyclic amines) is 1. The Bertz CT molecular complexity index is 997. The highest BCUT2D eigenvalue weighted by Crippen LogP contribution is 2.38. The van der Waals surface area contributed by atoms with Crippen LogP contribution in [0, 0.1) is 0 Å². The normalized spacial score (nSPS) is 18.3. The number of nitrogens with zero attached hydrogens (tertiary/aromatic N) is 2. The number of hydrogen-bond donors (Lipinski definition) is 0. The summed E-state index contributed by atoms with van der Waals surface area (Å²) >= 11 is 0. The summed E-state index contributed by atoms with van der Waals surface area (Å²) in [6.45, 7) is 1.92. The molecule has 142 valence electrons. The first-order valence-corrected chi connectivity index (χ1v) is 9.73. The molecule has 2 aliphatic heterocycles. The molecule has 3 aromatic rings. The maximum atomic E-state index is 13.3. The number of carbonyl (C=O) groups excluding carboxylic acids is 1. The van der Waals surface area contributed by atoms with Gasteiger partial charge in [0.1, 0.15) is 13.2 Å². The quantitative estimate of drug-likeness (QED) is 0.689. The molecule has 5 nitrogen and oxygen atoms in total. The Hall–Kier alpha value is -3.21. The molecule has 1 saturated heterocycles. The second kappa shape index (κ2) is 7.08. The molecule has 2 aromatic carbocycles. The van der Waals surface area contributed by atoms with E-state index in [2.05, 4.69) is 6.07 Å². The number of carbonyl (C=O) groups is 1. The van der Waals surface area contributed by atoms with E-state index in [-0.39, 0.29) is 11.9 Å². The van der Waals surface area contributed by atoms with Crippen LogP contribution in [-0.4, -0.2) is 35.1 Å². The lowest BCUT2D eigenvalue weighted by molar-refractivity contribution is 0.0735. The number of fused-ring (bicyclic) bond motifs is 1. The van der Waals surface area contributed by atoms with Crippen LogP contribution in [0.4, 0.5) is 0 Å². The molecule has 0 radical (unpaired) electrons. The Kier molecular flexibility index (Phi) is 4.28. The van der Waals surface area contributed by atoms with E-state index >= 15 is 0 Å². The minimum Gasteiger partial charge on any atom is -0.486 e.